The number of benzene rings is 1. The molecule has 0 saturated heterocycles. The van der Waals surface area contributed by atoms with Crippen molar-refractivity contribution >= 4 is 40.7 Å². The van der Waals surface area contributed by atoms with E-state index in [-0.39, 0.29) is 0 Å². The Morgan fingerprint density at radius 1 is 1.32 bits per heavy atom. The summed E-state index contributed by atoms with van der Waals surface area (Å²) in [5.41, 5.74) is 0.661. The minimum absolute atomic E-state index is 0.346. The minimum Gasteiger partial charge on any atom is -0.365 e. The summed E-state index contributed by atoms with van der Waals surface area (Å²) in [7, 11) is 0. The van der Waals surface area contributed by atoms with Gasteiger partial charge in [-0.2, -0.15) is 10.1 Å². The molecule has 0 radical (unpaired) electrons. The van der Waals surface area contributed by atoms with Crippen molar-refractivity contribution in [3.05, 3.63) is 47.1 Å². The van der Waals surface area contributed by atoms with Gasteiger partial charge >= 0.3 is 0 Å². The lowest BCUT2D eigenvalue weighted by Crippen LogP contribution is -2.05. The number of aromatic nitrogens is 3. The van der Waals surface area contributed by atoms with Gasteiger partial charge in [-0.25, -0.2) is 0 Å². The minimum atomic E-state index is 0.346. The van der Waals surface area contributed by atoms with E-state index in [1.54, 1.807) is 24.3 Å². The molecule has 1 aromatic heterocycles. The van der Waals surface area contributed by atoms with Crippen LogP contribution in [0.5, 0.6) is 0 Å². The van der Waals surface area contributed by atoms with E-state index in [0.29, 0.717) is 34.0 Å². The zero-order valence-electron chi connectivity index (χ0n) is 9.90. The van der Waals surface area contributed by atoms with Crippen LogP contribution in [0.25, 0.3) is 0 Å². The topological polar surface area (TPSA) is 62.7 Å². The third-order valence-electron chi connectivity index (χ3n) is 2.16. The largest absolute Gasteiger partial charge is 0.365 e. The summed E-state index contributed by atoms with van der Waals surface area (Å²) >= 11 is 11.9. The zero-order valence-corrected chi connectivity index (χ0v) is 11.4. The van der Waals surface area contributed by atoms with Crippen molar-refractivity contribution in [1.82, 2.24) is 15.2 Å². The first kappa shape index (κ1) is 13.6. The number of nitrogens with one attached hydrogen (secondary N) is 2. The summed E-state index contributed by atoms with van der Waals surface area (Å²) in [6.45, 7) is 4.21. The molecule has 2 N–H and O–H groups in total. The molecule has 2 aromatic rings. The molecule has 0 fully saturated rings. The van der Waals surface area contributed by atoms with Gasteiger partial charge in [0.1, 0.15) is 0 Å². The molecule has 0 amide bonds. The van der Waals surface area contributed by atoms with Crippen molar-refractivity contribution in [1.29, 1.82) is 0 Å². The molecular formula is C12H11Cl2N5. The Labute approximate surface area is 120 Å². The third-order valence-corrected chi connectivity index (χ3v) is 2.71. The summed E-state index contributed by atoms with van der Waals surface area (Å²) in [6.07, 6.45) is 3.25. The fourth-order valence-electron chi connectivity index (χ4n) is 1.33. The monoisotopic (exact) mass is 295 g/mol. The van der Waals surface area contributed by atoms with Crippen molar-refractivity contribution in [2.45, 2.75) is 0 Å². The van der Waals surface area contributed by atoms with Crippen molar-refractivity contribution in [2.24, 2.45) is 0 Å². The first-order valence-electron chi connectivity index (χ1n) is 5.45. The van der Waals surface area contributed by atoms with Crippen LogP contribution in [0.1, 0.15) is 0 Å². The Hall–Kier alpha value is -1.85. The van der Waals surface area contributed by atoms with Gasteiger partial charge in [0.2, 0.25) is 5.95 Å². The van der Waals surface area contributed by atoms with E-state index in [0.717, 1.165) is 0 Å². The van der Waals surface area contributed by atoms with Crippen molar-refractivity contribution in [3.8, 4) is 0 Å². The van der Waals surface area contributed by atoms with Gasteiger partial charge in [-0.1, -0.05) is 29.3 Å². The van der Waals surface area contributed by atoms with E-state index < -0.39 is 0 Å². The Morgan fingerprint density at radius 2 is 2.16 bits per heavy atom. The van der Waals surface area contributed by atoms with E-state index in [9.17, 15) is 0 Å². The quantitative estimate of drug-likeness (QED) is 0.827. The lowest BCUT2D eigenvalue weighted by atomic mass is 10.3. The van der Waals surface area contributed by atoms with Gasteiger partial charge in [-0.3, -0.25) is 0 Å². The van der Waals surface area contributed by atoms with Crippen LogP contribution in [0, 0.1) is 0 Å². The first-order chi connectivity index (χ1) is 9.19. The Balaban J connectivity index is 2.16. The van der Waals surface area contributed by atoms with E-state index in [2.05, 4.69) is 32.4 Å². The van der Waals surface area contributed by atoms with Crippen LogP contribution >= 0.6 is 23.2 Å². The van der Waals surface area contributed by atoms with Crippen molar-refractivity contribution < 1.29 is 0 Å². The van der Waals surface area contributed by atoms with E-state index >= 15 is 0 Å². The second-order valence-corrected chi connectivity index (χ2v) is 4.43. The predicted octanol–water partition coefficient (Wildman–Crippen LogP) is 3.52. The Bertz CT molecular complexity index is 588. The number of anilines is 3. The van der Waals surface area contributed by atoms with E-state index in [1.165, 1.54) is 6.20 Å². The maximum Gasteiger partial charge on any atom is 0.249 e. The average Bonchev–Trinajstić information content (AvgIpc) is 2.40. The lowest BCUT2D eigenvalue weighted by Gasteiger charge is -2.08. The average molecular weight is 296 g/mol. The van der Waals surface area contributed by atoms with Crippen LogP contribution < -0.4 is 10.6 Å². The van der Waals surface area contributed by atoms with Crippen LogP contribution in [0.2, 0.25) is 10.0 Å². The summed E-state index contributed by atoms with van der Waals surface area (Å²) in [5.74, 6) is 0.945. The summed E-state index contributed by atoms with van der Waals surface area (Å²) < 4.78 is 0. The van der Waals surface area contributed by atoms with Gasteiger partial charge in [-0.05, 0) is 18.2 Å². The van der Waals surface area contributed by atoms with Crippen LogP contribution in [0.4, 0.5) is 17.5 Å². The summed E-state index contributed by atoms with van der Waals surface area (Å²) in [5, 5.41) is 14.8. The van der Waals surface area contributed by atoms with Crippen LogP contribution in [-0.2, 0) is 0 Å². The second kappa shape index (κ2) is 6.36. The number of rotatable bonds is 5. The van der Waals surface area contributed by atoms with Crippen LogP contribution in [0.15, 0.2) is 37.1 Å². The predicted molar refractivity (Wildman–Crippen MR) is 78.3 cm³/mol. The number of halogens is 2. The molecule has 2 rings (SSSR count). The number of hydrogen-bond donors (Lipinski definition) is 2. The van der Waals surface area contributed by atoms with Crippen LogP contribution in [-0.4, -0.2) is 21.7 Å². The molecule has 0 spiro atoms. The normalized spacial score (nSPS) is 10.0. The van der Waals surface area contributed by atoms with Crippen molar-refractivity contribution in [2.75, 3.05) is 17.2 Å². The Morgan fingerprint density at radius 3 is 2.89 bits per heavy atom. The molecular weight excluding hydrogens is 285 g/mol. The van der Waals surface area contributed by atoms with Crippen molar-refractivity contribution in [3.63, 3.8) is 0 Å². The first-order valence-corrected chi connectivity index (χ1v) is 6.21. The molecule has 98 valence electrons. The second-order valence-electron chi connectivity index (χ2n) is 3.58. The Kier molecular flexibility index (Phi) is 4.54. The van der Waals surface area contributed by atoms with Gasteiger partial charge in [0.25, 0.3) is 0 Å². The summed E-state index contributed by atoms with van der Waals surface area (Å²) in [4.78, 5) is 4.23. The molecule has 0 aliphatic carbocycles. The molecule has 0 atom stereocenters. The van der Waals surface area contributed by atoms with Gasteiger partial charge in [0, 0.05) is 11.6 Å². The molecule has 19 heavy (non-hydrogen) atoms. The highest BCUT2D eigenvalue weighted by Crippen LogP contribution is 2.27. The number of hydrogen-bond acceptors (Lipinski definition) is 5. The van der Waals surface area contributed by atoms with Gasteiger partial charge < -0.3 is 10.6 Å². The lowest BCUT2D eigenvalue weighted by molar-refractivity contribution is 0.976. The highest BCUT2D eigenvalue weighted by Gasteiger charge is 2.04. The van der Waals surface area contributed by atoms with Gasteiger partial charge in [-0.15, -0.1) is 11.7 Å². The SMILES string of the molecule is C=CCNc1cnnc(Nc2ccc(Cl)cc2Cl)n1. The highest BCUT2D eigenvalue weighted by atomic mass is 35.5. The molecule has 5 nitrogen and oxygen atoms in total. The maximum atomic E-state index is 6.05. The van der Waals surface area contributed by atoms with E-state index in [1.807, 2.05) is 0 Å². The number of nitrogens with zero attached hydrogens (tertiary/aromatic N) is 3. The zero-order chi connectivity index (χ0) is 13.7. The standard InChI is InChI=1S/C12H11Cl2N5/c1-2-5-15-11-7-16-19-12(18-11)17-10-4-3-8(13)6-9(10)14/h2-4,6-7H,1,5H2,(H2,15,17,18,19). The fraction of sp³-hybridized carbons (Fsp3) is 0.0833. The molecule has 0 unspecified atom stereocenters. The highest BCUT2D eigenvalue weighted by molar-refractivity contribution is 6.36. The van der Waals surface area contributed by atoms with Gasteiger partial charge in [0.15, 0.2) is 5.82 Å². The van der Waals surface area contributed by atoms with Gasteiger partial charge in [0.05, 0.1) is 16.9 Å². The molecule has 1 heterocycles. The molecule has 0 aliphatic rings. The molecule has 0 saturated carbocycles. The van der Waals surface area contributed by atoms with Crippen LogP contribution in [0.3, 0.4) is 0 Å². The molecule has 0 aliphatic heterocycles. The fourth-order valence-corrected chi connectivity index (χ4v) is 1.79. The molecule has 0 bridgehead atoms. The smallest absolute Gasteiger partial charge is 0.249 e. The molecule has 7 heteroatoms. The van der Waals surface area contributed by atoms with E-state index in [4.69, 9.17) is 23.2 Å². The summed E-state index contributed by atoms with van der Waals surface area (Å²) in [6, 6.07) is 5.11. The molecule has 1 aromatic carbocycles. The third kappa shape index (κ3) is 3.81. The maximum absolute atomic E-state index is 6.05.